The fraction of sp³-hybridized carbons (Fsp3) is 0.750. The van der Waals surface area contributed by atoms with E-state index in [4.69, 9.17) is 9.47 Å². The minimum atomic E-state index is -0.350. The van der Waals surface area contributed by atoms with Gasteiger partial charge >= 0.3 is 0 Å². The first kappa shape index (κ1) is 11.1. The van der Waals surface area contributed by atoms with E-state index in [0.717, 1.165) is 5.69 Å². The molecule has 0 spiro atoms. The highest BCUT2D eigenvalue weighted by molar-refractivity contribution is 5.02. The molecular weight excluding hydrogens is 184 g/mol. The van der Waals surface area contributed by atoms with Crippen molar-refractivity contribution in [3.05, 3.63) is 11.9 Å². The third-order valence-electron chi connectivity index (χ3n) is 2.12. The molecule has 1 aromatic rings. The van der Waals surface area contributed by atoms with Crippen LogP contribution in [0.4, 0.5) is 0 Å². The van der Waals surface area contributed by atoms with Crippen molar-refractivity contribution in [1.29, 1.82) is 0 Å². The van der Waals surface area contributed by atoms with E-state index in [9.17, 15) is 0 Å². The molecule has 14 heavy (non-hydrogen) atoms. The second kappa shape index (κ2) is 5.04. The molecule has 1 unspecified atom stereocenters. The second-order valence-electron chi connectivity index (χ2n) is 2.89. The zero-order valence-corrected chi connectivity index (χ0v) is 8.89. The first-order valence-corrected chi connectivity index (χ1v) is 4.32. The zero-order valence-electron chi connectivity index (χ0n) is 8.89. The molecule has 0 aromatic carbocycles. The van der Waals surface area contributed by atoms with Crippen LogP contribution in [0.25, 0.3) is 0 Å². The second-order valence-corrected chi connectivity index (χ2v) is 2.89. The molecule has 0 aliphatic carbocycles. The molecule has 0 fully saturated rings. The van der Waals surface area contributed by atoms with Gasteiger partial charge in [-0.1, -0.05) is 5.21 Å². The van der Waals surface area contributed by atoms with E-state index in [1.165, 1.54) is 0 Å². The van der Waals surface area contributed by atoms with Crippen molar-refractivity contribution in [2.45, 2.75) is 12.3 Å². The van der Waals surface area contributed by atoms with Gasteiger partial charge in [-0.05, 0) is 7.05 Å². The fourth-order valence-electron chi connectivity index (χ4n) is 1.37. The summed E-state index contributed by atoms with van der Waals surface area (Å²) in [4.78, 5) is 0. The van der Waals surface area contributed by atoms with Crippen molar-refractivity contribution in [2.75, 3.05) is 21.3 Å². The Morgan fingerprint density at radius 1 is 1.43 bits per heavy atom. The summed E-state index contributed by atoms with van der Waals surface area (Å²) in [7, 11) is 6.86. The Kier molecular flexibility index (Phi) is 3.99. The number of hydrogen-bond acceptors (Lipinski definition) is 5. The maximum absolute atomic E-state index is 5.18. The molecule has 1 rings (SSSR count). The van der Waals surface area contributed by atoms with Crippen LogP contribution in [0, 0.1) is 0 Å². The Bertz CT molecular complexity index is 272. The zero-order chi connectivity index (χ0) is 10.6. The predicted molar refractivity (Wildman–Crippen MR) is 50.6 cm³/mol. The van der Waals surface area contributed by atoms with Gasteiger partial charge in [0.05, 0.1) is 11.9 Å². The predicted octanol–water partition coefficient (Wildman–Crippen LogP) is -0.306. The molecular formula is C8H16N4O2. The molecule has 6 heteroatoms. The molecule has 1 atom stereocenters. The van der Waals surface area contributed by atoms with Crippen molar-refractivity contribution >= 4 is 0 Å². The summed E-state index contributed by atoms with van der Waals surface area (Å²) in [6, 6.07) is -0.0787. The number of methoxy groups -OCH3 is 2. The maximum atomic E-state index is 5.18. The summed E-state index contributed by atoms with van der Waals surface area (Å²) in [5.74, 6) is 0. The normalized spacial score (nSPS) is 13.5. The molecule has 0 saturated carbocycles. The monoisotopic (exact) mass is 200 g/mol. The van der Waals surface area contributed by atoms with Crippen LogP contribution in [0.2, 0.25) is 0 Å². The van der Waals surface area contributed by atoms with Crippen LogP contribution in [0.5, 0.6) is 0 Å². The standard InChI is InChI=1S/C8H16N4O2/c1-9-7(8(13-3)14-4)6-5-10-11-12(6)2/h5,7-9H,1-4H3. The molecule has 80 valence electrons. The summed E-state index contributed by atoms with van der Waals surface area (Å²) in [5.41, 5.74) is 0.918. The Labute approximate surface area is 83.2 Å². The van der Waals surface area contributed by atoms with Gasteiger partial charge in [0.15, 0.2) is 6.29 Å². The van der Waals surface area contributed by atoms with Gasteiger partial charge in [0.25, 0.3) is 0 Å². The minimum absolute atomic E-state index is 0.0787. The van der Waals surface area contributed by atoms with Crippen molar-refractivity contribution in [1.82, 2.24) is 20.3 Å². The number of nitrogens with one attached hydrogen (secondary N) is 1. The highest BCUT2D eigenvalue weighted by Gasteiger charge is 2.24. The van der Waals surface area contributed by atoms with E-state index < -0.39 is 0 Å². The SMILES string of the molecule is CNC(c1cnnn1C)C(OC)OC. The number of rotatable bonds is 5. The van der Waals surface area contributed by atoms with Crippen molar-refractivity contribution < 1.29 is 9.47 Å². The minimum Gasteiger partial charge on any atom is -0.354 e. The summed E-state index contributed by atoms with van der Waals surface area (Å²) < 4.78 is 12.0. The van der Waals surface area contributed by atoms with Crippen LogP contribution in [-0.4, -0.2) is 42.6 Å². The number of hydrogen-bond donors (Lipinski definition) is 1. The molecule has 0 amide bonds. The summed E-state index contributed by atoms with van der Waals surface area (Å²) in [5, 5.41) is 10.8. The molecule has 0 aliphatic rings. The van der Waals surface area contributed by atoms with Crippen LogP contribution < -0.4 is 5.32 Å². The van der Waals surface area contributed by atoms with Crippen LogP contribution in [-0.2, 0) is 16.5 Å². The lowest BCUT2D eigenvalue weighted by atomic mass is 10.2. The molecule has 0 saturated heterocycles. The summed E-state index contributed by atoms with van der Waals surface area (Å²) in [6.45, 7) is 0. The number of nitrogens with zero attached hydrogens (tertiary/aromatic N) is 3. The average molecular weight is 200 g/mol. The van der Waals surface area contributed by atoms with Gasteiger partial charge in [-0.15, -0.1) is 5.10 Å². The summed E-state index contributed by atoms with van der Waals surface area (Å²) >= 11 is 0. The van der Waals surface area contributed by atoms with Crippen LogP contribution in [0.3, 0.4) is 0 Å². The number of aryl methyl sites for hydroxylation is 1. The quantitative estimate of drug-likeness (QED) is 0.661. The van der Waals surface area contributed by atoms with E-state index in [1.54, 1.807) is 25.1 Å². The van der Waals surface area contributed by atoms with Gasteiger partial charge < -0.3 is 14.8 Å². The Balaban J connectivity index is 2.86. The van der Waals surface area contributed by atoms with Crippen molar-refractivity contribution in [3.63, 3.8) is 0 Å². The van der Waals surface area contributed by atoms with Gasteiger partial charge in [0.1, 0.15) is 6.04 Å². The molecule has 6 nitrogen and oxygen atoms in total. The van der Waals surface area contributed by atoms with E-state index >= 15 is 0 Å². The number of aromatic nitrogens is 3. The third kappa shape index (κ3) is 2.09. The Morgan fingerprint density at radius 2 is 2.07 bits per heavy atom. The lowest BCUT2D eigenvalue weighted by molar-refractivity contribution is -0.124. The lowest BCUT2D eigenvalue weighted by Gasteiger charge is -2.23. The molecule has 1 N–H and O–H groups in total. The summed E-state index contributed by atoms with van der Waals surface area (Å²) in [6.07, 6.45) is 1.34. The molecule has 0 bridgehead atoms. The Hall–Kier alpha value is -0.980. The molecule has 0 aliphatic heterocycles. The van der Waals surface area contributed by atoms with Crippen molar-refractivity contribution in [3.8, 4) is 0 Å². The first-order chi connectivity index (χ1) is 6.74. The van der Waals surface area contributed by atoms with E-state index in [1.807, 2.05) is 14.1 Å². The van der Waals surface area contributed by atoms with Gasteiger partial charge in [0, 0.05) is 21.3 Å². The van der Waals surface area contributed by atoms with Gasteiger partial charge in [-0.3, -0.25) is 4.68 Å². The fourth-order valence-corrected chi connectivity index (χ4v) is 1.37. The molecule has 0 radical (unpaired) electrons. The van der Waals surface area contributed by atoms with Crippen LogP contribution >= 0.6 is 0 Å². The van der Waals surface area contributed by atoms with Gasteiger partial charge in [-0.2, -0.15) is 0 Å². The van der Waals surface area contributed by atoms with Crippen molar-refractivity contribution in [2.24, 2.45) is 7.05 Å². The Morgan fingerprint density at radius 3 is 2.43 bits per heavy atom. The third-order valence-corrected chi connectivity index (χ3v) is 2.12. The smallest absolute Gasteiger partial charge is 0.177 e. The topological polar surface area (TPSA) is 61.2 Å². The van der Waals surface area contributed by atoms with E-state index in [0.29, 0.717) is 0 Å². The lowest BCUT2D eigenvalue weighted by Crippen LogP contribution is -2.33. The van der Waals surface area contributed by atoms with Gasteiger partial charge in [0.2, 0.25) is 0 Å². The molecule has 1 heterocycles. The largest absolute Gasteiger partial charge is 0.354 e. The highest BCUT2D eigenvalue weighted by Crippen LogP contribution is 2.17. The average Bonchev–Trinajstić information content (AvgIpc) is 2.61. The molecule has 1 aromatic heterocycles. The van der Waals surface area contributed by atoms with Crippen LogP contribution in [0.1, 0.15) is 11.7 Å². The number of likely N-dealkylation sites (N-methyl/N-ethyl adjacent to an activating group) is 1. The first-order valence-electron chi connectivity index (χ1n) is 4.32. The maximum Gasteiger partial charge on any atom is 0.177 e. The van der Waals surface area contributed by atoms with Crippen LogP contribution in [0.15, 0.2) is 6.20 Å². The van der Waals surface area contributed by atoms with E-state index in [-0.39, 0.29) is 12.3 Å². The van der Waals surface area contributed by atoms with E-state index in [2.05, 4.69) is 15.6 Å². The number of ether oxygens (including phenoxy) is 2. The highest BCUT2D eigenvalue weighted by atomic mass is 16.7. The van der Waals surface area contributed by atoms with Gasteiger partial charge in [-0.25, -0.2) is 0 Å².